The third kappa shape index (κ3) is 4.12. The minimum atomic E-state index is -0.216. The Labute approximate surface area is 166 Å². The maximum atomic E-state index is 12.4. The first kappa shape index (κ1) is 17.9. The largest absolute Gasteiger partial charge is 0.444 e. The van der Waals surface area contributed by atoms with E-state index >= 15 is 0 Å². The number of rotatable bonds is 5. The van der Waals surface area contributed by atoms with Crippen LogP contribution in [0.1, 0.15) is 33.3 Å². The summed E-state index contributed by atoms with van der Waals surface area (Å²) in [4.78, 5) is 19.1. The van der Waals surface area contributed by atoms with E-state index in [4.69, 9.17) is 4.42 Å². The molecule has 3 aromatic rings. The molecule has 1 amide bonds. The van der Waals surface area contributed by atoms with Crippen LogP contribution in [0.25, 0.3) is 0 Å². The van der Waals surface area contributed by atoms with Gasteiger partial charge in [0.25, 0.3) is 5.91 Å². The first-order valence-corrected chi connectivity index (χ1v) is 9.74. The number of hydrogen-bond acceptors (Lipinski definition) is 4. The number of carbonyl (C=O) groups excluding carboxylic acids is 1. The zero-order valence-electron chi connectivity index (χ0n) is 14.8. The van der Waals surface area contributed by atoms with Crippen molar-refractivity contribution in [3.05, 3.63) is 88.0 Å². The molecule has 0 spiro atoms. The minimum absolute atomic E-state index is 0.0504. The Balaban J connectivity index is 1.52. The van der Waals surface area contributed by atoms with Gasteiger partial charge in [-0.1, -0.05) is 30.3 Å². The number of halogens is 1. The molecule has 4 rings (SSSR count). The fraction of sp³-hybridized carbons (Fsp3) is 0.238. The highest BCUT2D eigenvalue weighted by Crippen LogP contribution is 2.27. The fourth-order valence-corrected chi connectivity index (χ4v) is 3.83. The van der Waals surface area contributed by atoms with Crippen LogP contribution in [-0.2, 0) is 13.0 Å². The van der Waals surface area contributed by atoms with Gasteiger partial charge in [-0.3, -0.25) is 14.7 Å². The van der Waals surface area contributed by atoms with Gasteiger partial charge < -0.3 is 9.73 Å². The molecule has 0 radical (unpaired) electrons. The lowest BCUT2D eigenvalue weighted by Crippen LogP contribution is -2.40. The van der Waals surface area contributed by atoms with Gasteiger partial charge in [0.15, 0.2) is 10.4 Å². The van der Waals surface area contributed by atoms with E-state index in [1.807, 2.05) is 12.3 Å². The summed E-state index contributed by atoms with van der Waals surface area (Å²) in [5.41, 5.74) is 3.85. The third-order valence-corrected chi connectivity index (χ3v) is 5.35. The number of nitrogens with zero attached hydrogens (tertiary/aromatic N) is 2. The number of nitrogens with one attached hydrogen (secondary N) is 1. The molecule has 0 saturated carbocycles. The number of amides is 1. The standard InChI is InChI=1S/C21H20BrN3O2/c22-20-8-7-19(27-20)21(26)24-13-18(16-6-3-10-23-12-16)25-11-9-15-4-1-2-5-17(15)14-25/h1-8,10,12,18H,9,11,13-14H2,(H,24,26). The molecule has 0 fully saturated rings. The van der Waals surface area contributed by atoms with Crippen molar-refractivity contribution < 1.29 is 9.21 Å². The van der Waals surface area contributed by atoms with Crippen LogP contribution in [0, 0.1) is 0 Å². The molecule has 5 nitrogen and oxygen atoms in total. The molecule has 0 bridgehead atoms. The lowest BCUT2D eigenvalue weighted by Gasteiger charge is -2.35. The topological polar surface area (TPSA) is 58.4 Å². The Morgan fingerprint density at radius 1 is 1.19 bits per heavy atom. The van der Waals surface area contributed by atoms with Crippen molar-refractivity contribution in [1.29, 1.82) is 0 Å². The number of carbonyl (C=O) groups is 1. The van der Waals surface area contributed by atoms with Crippen LogP contribution in [-0.4, -0.2) is 28.9 Å². The quantitative estimate of drug-likeness (QED) is 0.671. The van der Waals surface area contributed by atoms with E-state index in [-0.39, 0.29) is 11.9 Å². The van der Waals surface area contributed by atoms with Crippen LogP contribution < -0.4 is 5.32 Å². The predicted octanol–water partition coefficient (Wildman–Crippen LogP) is 3.97. The first-order valence-electron chi connectivity index (χ1n) is 8.95. The van der Waals surface area contributed by atoms with Gasteiger partial charge in [0.2, 0.25) is 0 Å². The summed E-state index contributed by atoms with van der Waals surface area (Å²) < 4.78 is 5.90. The monoisotopic (exact) mass is 425 g/mol. The minimum Gasteiger partial charge on any atom is -0.444 e. The number of aromatic nitrogens is 1. The first-order chi connectivity index (χ1) is 13.2. The van der Waals surface area contributed by atoms with E-state index in [1.54, 1.807) is 18.3 Å². The fourth-order valence-electron chi connectivity index (χ4n) is 3.53. The maximum absolute atomic E-state index is 12.4. The second-order valence-electron chi connectivity index (χ2n) is 6.61. The normalized spacial score (nSPS) is 15.1. The van der Waals surface area contributed by atoms with Crippen molar-refractivity contribution in [3.63, 3.8) is 0 Å². The summed E-state index contributed by atoms with van der Waals surface area (Å²) in [5.74, 6) is 0.0859. The van der Waals surface area contributed by atoms with Gasteiger partial charge in [0.05, 0.1) is 6.04 Å². The predicted molar refractivity (Wildman–Crippen MR) is 106 cm³/mol. The molecule has 1 aromatic carbocycles. The Morgan fingerprint density at radius 3 is 2.78 bits per heavy atom. The van der Waals surface area contributed by atoms with Gasteiger partial charge in [-0.15, -0.1) is 0 Å². The highest BCUT2D eigenvalue weighted by atomic mass is 79.9. The Kier molecular flexibility index (Phi) is 5.36. The molecular weight excluding hydrogens is 406 g/mol. The molecule has 138 valence electrons. The molecule has 27 heavy (non-hydrogen) atoms. The highest BCUT2D eigenvalue weighted by molar-refractivity contribution is 9.10. The molecule has 3 heterocycles. The molecule has 0 aliphatic carbocycles. The lowest BCUT2D eigenvalue weighted by molar-refractivity contribution is 0.0899. The average Bonchev–Trinajstić information content (AvgIpc) is 3.15. The second kappa shape index (κ2) is 8.06. The zero-order valence-corrected chi connectivity index (χ0v) is 16.4. The number of benzene rings is 1. The van der Waals surface area contributed by atoms with E-state index in [0.29, 0.717) is 17.0 Å². The number of pyridine rings is 1. The molecule has 1 N–H and O–H groups in total. The number of hydrogen-bond donors (Lipinski definition) is 1. The zero-order chi connectivity index (χ0) is 18.6. The highest BCUT2D eigenvalue weighted by Gasteiger charge is 2.25. The molecule has 1 unspecified atom stereocenters. The maximum Gasteiger partial charge on any atom is 0.287 e. The lowest BCUT2D eigenvalue weighted by atomic mass is 9.97. The Morgan fingerprint density at radius 2 is 2.04 bits per heavy atom. The summed E-state index contributed by atoms with van der Waals surface area (Å²) in [7, 11) is 0. The van der Waals surface area contributed by atoms with Crippen molar-refractivity contribution in [2.45, 2.75) is 19.0 Å². The Hall–Kier alpha value is -2.44. The summed E-state index contributed by atoms with van der Waals surface area (Å²) in [6.07, 6.45) is 4.65. The van der Waals surface area contributed by atoms with Gasteiger partial charge in [-0.05, 0) is 57.2 Å². The van der Waals surface area contributed by atoms with Crippen LogP contribution in [0.15, 0.2) is 70.0 Å². The Bertz CT molecular complexity index is 926. The third-order valence-electron chi connectivity index (χ3n) is 4.92. The van der Waals surface area contributed by atoms with Crippen molar-refractivity contribution >= 4 is 21.8 Å². The van der Waals surface area contributed by atoms with Gasteiger partial charge >= 0.3 is 0 Å². The summed E-state index contributed by atoms with van der Waals surface area (Å²) >= 11 is 3.23. The van der Waals surface area contributed by atoms with Crippen LogP contribution in [0.3, 0.4) is 0 Å². The van der Waals surface area contributed by atoms with Crippen LogP contribution in [0.2, 0.25) is 0 Å². The van der Waals surface area contributed by atoms with E-state index in [0.717, 1.165) is 25.1 Å². The van der Waals surface area contributed by atoms with E-state index in [9.17, 15) is 4.79 Å². The van der Waals surface area contributed by atoms with Crippen molar-refractivity contribution in [2.75, 3.05) is 13.1 Å². The SMILES string of the molecule is O=C(NCC(c1cccnc1)N1CCc2ccccc2C1)c1ccc(Br)o1. The summed E-state index contributed by atoms with van der Waals surface area (Å²) in [5, 5.41) is 3.01. The van der Waals surface area contributed by atoms with Crippen LogP contribution in [0.4, 0.5) is 0 Å². The van der Waals surface area contributed by atoms with Gasteiger partial charge in [-0.25, -0.2) is 0 Å². The average molecular weight is 426 g/mol. The van der Waals surface area contributed by atoms with Crippen LogP contribution >= 0.6 is 15.9 Å². The summed E-state index contributed by atoms with van der Waals surface area (Å²) in [6.45, 7) is 2.29. The van der Waals surface area contributed by atoms with E-state index in [1.165, 1.54) is 11.1 Å². The molecule has 1 aliphatic rings. The second-order valence-corrected chi connectivity index (χ2v) is 7.39. The van der Waals surface area contributed by atoms with Gasteiger partial charge in [0.1, 0.15) is 0 Å². The van der Waals surface area contributed by atoms with Crippen LogP contribution in [0.5, 0.6) is 0 Å². The summed E-state index contributed by atoms with van der Waals surface area (Å²) in [6, 6.07) is 16.0. The molecular formula is C21H20BrN3O2. The number of fused-ring (bicyclic) bond motifs is 1. The van der Waals surface area contributed by atoms with Crippen molar-refractivity contribution in [3.8, 4) is 0 Å². The van der Waals surface area contributed by atoms with Gasteiger partial charge in [0, 0.05) is 32.0 Å². The molecule has 2 aromatic heterocycles. The molecule has 6 heteroatoms. The van der Waals surface area contributed by atoms with Gasteiger partial charge in [-0.2, -0.15) is 0 Å². The van der Waals surface area contributed by atoms with E-state index < -0.39 is 0 Å². The van der Waals surface area contributed by atoms with Crippen molar-refractivity contribution in [1.82, 2.24) is 15.2 Å². The molecule has 1 aliphatic heterocycles. The molecule has 0 saturated heterocycles. The van der Waals surface area contributed by atoms with E-state index in [2.05, 4.69) is 61.5 Å². The number of furan rings is 1. The smallest absolute Gasteiger partial charge is 0.287 e. The van der Waals surface area contributed by atoms with Crippen molar-refractivity contribution in [2.24, 2.45) is 0 Å². The molecule has 1 atom stereocenters.